The minimum atomic E-state index is -0.423. The van der Waals surface area contributed by atoms with Crippen LogP contribution < -0.4 is 0 Å². The first-order valence-corrected chi connectivity index (χ1v) is 10.3. The van der Waals surface area contributed by atoms with Gasteiger partial charge < -0.3 is 0 Å². The zero-order chi connectivity index (χ0) is 16.0. The summed E-state index contributed by atoms with van der Waals surface area (Å²) >= 11 is 12.1. The smallest absolute Gasteiger partial charge is 0.253 e. The number of hydrogen-bond acceptors (Lipinski definition) is 6. The Morgan fingerprint density at radius 2 is 1.57 bits per heavy atom. The standard InChI is InChI=1S/C16H7ClO2S4/c17-16(19)9-2-4-21-15(9)13-6-11-10(23-13)5-12(22-11)14-8(7-18)1-3-20-14/h1-7H. The molecule has 0 saturated carbocycles. The second-order valence-corrected chi connectivity index (χ2v) is 9.05. The summed E-state index contributed by atoms with van der Waals surface area (Å²) < 4.78 is 2.32. The van der Waals surface area contributed by atoms with E-state index in [0.717, 1.165) is 40.8 Å². The number of carbonyl (C=O) groups excluding carboxylic acids is 2. The molecular weight excluding hydrogens is 388 g/mol. The van der Waals surface area contributed by atoms with E-state index < -0.39 is 5.24 Å². The average molecular weight is 395 g/mol. The van der Waals surface area contributed by atoms with Gasteiger partial charge in [0.25, 0.3) is 5.24 Å². The molecule has 4 rings (SSSR count). The van der Waals surface area contributed by atoms with Crippen molar-refractivity contribution < 1.29 is 9.59 Å². The fourth-order valence-electron chi connectivity index (χ4n) is 2.33. The number of aldehydes is 1. The Hall–Kier alpha value is -1.31. The zero-order valence-electron chi connectivity index (χ0n) is 11.4. The maximum Gasteiger partial charge on any atom is 0.253 e. The normalized spacial score (nSPS) is 11.2. The van der Waals surface area contributed by atoms with Crippen molar-refractivity contribution in [2.75, 3.05) is 0 Å². The van der Waals surface area contributed by atoms with Crippen LogP contribution in [0.2, 0.25) is 0 Å². The Morgan fingerprint density at radius 3 is 2.22 bits per heavy atom. The number of thiophene rings is 4. The highest BCUT2D eigenvalue weighted by atomic mass is 35.5. The van der Waals surface area contributed by atoms with Crippen molar-refractivity contribution in [3.8, 4) is 19.5 Å². The zero-order valence-corrected chi connectivity index (χ0v) is 15.4. The fourth-order valence-corrected chi connectivity index (χ4v) is 6.97. The molecule has 0 fully saturated rings. The Kier molecular flexibility index (Phi) is 3.95. The third-order valence-electron chi connectivity index (χ3n) is 3.35. The molecule has 0 aromatic carbocycles. The molecule has 0 radical (unpaired) electrons. The van der Waals surface area contributed by atoms with Gasteiger partial charge in [0.15, 0.2) is 6.29 Å². The monoisotopic (exact) mass is 394 g/mol. The van der Waals surface area contributed by atoms with Gasteiger partial charge in [0.05, 0.1) is 15.3 Å². The third-order valence-corrected chi connectivity index (χ3v) is 8.06. The van der Waals surface area contributed by atoms with Gasteiger partial charge in [0.1, 0.15) is 0 Å². The molecule has 0 aliphatic rings. The van der Waals surface area contributed by atoms with Gasteiger partial charge in [-0.2, -0.15) is 0 Å². The molecule has 0 aliphatic heterocycles. The molecule has 0 bridgehead atoms. The molecule has 0 saturated heterocycles. The van der Waals surface area contributed by atoms with Gasteiger partial charge in [0, 0.05) is 24.7 Å². The van der Waals surface area contributed by atoms with Crippen molar-refractivity contribution in [3.63, 3.8) is 0 Å². The van der Waals surface area contributed by atoms with Crippen LogP contribution in [0.5, 0.6) is 0 Å². The van der Waals surface area contributed by atoms with E-state index in [2.05, 4.69) is 12.1 Å². The maximum absolute atomic E-state index is 11.5. The van der Waals surface area contributed by atoms with Gasteiger partial charge in [-0.1, -0.05) is 0 Å². The van der Waals surface area contributed by atoms with Crippen molar-refractivity contribution >= 4 is 77.9 Å². The Morgan fingerprint density at radius 1 is 0.957 bits per heavy atom. The molecule has 4 aromatic rings. The summed E-state index contributed by atoms with van der Waals surface area (Å²) in [5.41, 5.74) is 1.30. The molecule has 7 heteroatoms. The topological polar surface area (TPSA) is 34.1 Å². The van der Waals surface area contributed by atoms with Gasteiger partial charge >= 0.3 is 0 Å². The van der Waals surface area contributed by atoms with E-state index in [4.69, 9.17) is 11.6 Å². The molecule has 0 aliphatic carbocycles. The van der Waals surface area contributed by atoms with E-state index in [1.165, 1.54) is 11.3 Å². The van der Waals surface area contributed by atoms with Crippen LogP contribution in [0.4, 0.5) is 0 Å². The van der Waals surface area contributed by atoms with Crippen LogP contribution in [-0.2, 0) is 0 Å². The summed E-state index contributed by atoms with van der Waals surface area (Å²) in [7, 11) is 0. The van der Waals surface area contributed by atoms with Gasteiger partial charge in [-0.15, -0.1) is 45.3 Å². The lowest BCUT2D eigenvalue weighted by Gasteiger charge is -1.95. The van der Waals surface area contributed by atoms with Gasteiger partial charge in [-0.05, 0) is 46.6 Å². The van der Waals surface area contributed by atoms with E-state index in [1.54, 1.807) is 40.1 Å². The van der Waals surface area contributed by atoms with Crippen LogP contribution in [0, 0.1) is 0 Å². The summed E-state index contributed by atoms with van der Waals surface area (Å²) in [6, 6.07) is 7.81. The third kappa shape index (κ3) is 2.60. The summed E-state index contributed by atoms with van der Waals surface area (Å²) in [5.74, 6) is 0. The van der Waals surface area contributed by atoms with Crippen LogP contribution >= 0.6 is 56.9 Å². The lowest BCUT2D eigenvalue weighted by molar-refractivity contribution is 0.108. The largest absolute Gasteiger partial charge is 0.298 e. The second kappa shape index (κ2) is 5.96. The highest BCUT2D eigenvalue weighted by Gasteiger charge is 2.17. The summed E-state index contributed by atoms with van der Waals surface area (Å²) in [6.07, 6.45) is 0.898. The number of hydrogen-bond donors (Lipinski definition) is 0. The lowest BCUT2D eigenvalue weighted by Crippen LogP contribution is -1.86. The molecule has 4 heterocycles. The second-order valence-electron chi connectivity index (χ2n) is 4.71. The van der Waals surface area contributed by atoms with E-state index in [0.29, 0.717) is 5.56 Å². The minimum Gasteiger partial charge on any atom is -0.298 e. The molecule has 2 nitrogen and oxygen atoms in total. The van der Waals surface area contributed by atoms with Gasteiger partial charge in [-0.3, -0.25) is 9.59 Å². The van der Waals surface area contributed by atoms with E-state index in [1.807, 2.05) is 16.8 Å². The van der Waals surface area contributed by atoms with E-state index in [9.17, 15) is 9.59 Å². The predicted octanol–water partition coefficient (Wildman–Crippen LogP) is 6.61. The van der Waals surface area contributed by atoms with Crippen LogP contribution in [0.15, 0.2) is 35.0 Å². The molecule has 114 valence electrons. The number of carbonyl (C=O) groups is 2. The predicted molar refractivity (Wildman–Crippen MR) is 102 cm³/mol. The van der Waals surface area contributed by atoms with Crippen molar-refractivity contribution in [2.45, 2.75) is 0 Å². The number of halogens is 1. The van der Waals surface area contributed by atoms with Crippen molar-refractivity contribution in [2.24, 2.45) is 0 Å². The molecular formula is C16H7ClO2S4. The fraction of sp³-hybridized carbons (Fsp3) is 0. The quantitative estimate of drug-likeness (QED) is 0.288. The van der Waals surface area contributed by atoms with E-state index in [-0.39, 0.29) is 0 Å². The highest BCUT2D eigenvalue weighted by Crippen LogP contribution is 2.45. The molecule has 0 spiro atoms. The molecule has 23 heavy (non-hydrogen) atoms. The Bertz CT molecular complexity index is 1000. The van der Waals surface area contributed by atoms with Crippen molar-refractivity contribution in [1.82, 2.24) is 0 Å². The SMILES string of the molecule is O=Cc1ccsc1-c1cc2sc(-c3sccc3C(=O)Cl)cc2s1. The number of fused-ring (bicyclic) bond motifs is 1. The van der Waals surface area contributed by atoms with Crippen molar-refractivity contribution in [3.05, 3.63) is 46.2 Å². The van der Waals surface area contributed by atoms with Crippen LogP contribution in [0.3, 0.4) is 0 Å². The van der Waals surface area contributed by atoms with E-state index >= 15 is 0 Å². The summed E-state index contributed by atoms with van der Waals surface area (Å²) in [5, 5.41) is 3.39. The minimum absolute atomic E-state index is 0.423. The highest BCUT2D eigenvalue weighted by molar-refractivity contribution is 7.33. The molecule has 4 aromatic heterocycles. The molecule has 0 amide bonds. The van der Waals surface area contributed by atoms with Gasteiger partial charge in [0.2, 0.25) is 0 Å². The molecule has 0 atom stereocenters. The first-order valence-electron chi connectivity index (χ1n) is 6.51. The van der Waals surface area contributed by atoms with Crippen LogP contribution in [-0.4, -0.2) is 11.5 Å². The Balaban J connectivity index is 1.79. The molecule has 0 N–H and O–H groups in total. The lowest BCUT2D eigenvalue weighted by atomic mass is 10.2. The Labute approximate surface area is 152 Å². The summed E-state index contributed by atoms with van der Waals surface area (Å²) in [6.45, 7) is 0. The first-order chi connectivity index (χ1) is 11.2. The van der Waals surface area contributed by atoms with Crippen LogP contribution in [0.1, 0.15) is 20.7 Å². The molecule has 0 unspecified atom stereocenters. The first kappa shape index (κ1) is 15.2. The van der Waals surface area contributed by atoms with Crippen LogP contribution in [0.25, 0.3) is 28.9 Å². The van der Waals surface area contributed by atoms with Crippen molar-refractivity contribution in [1.29, 1.82) is 0 Å². The van der Waals surface area contributed by atoms with Gasteiger partial charge in [-0.25, -0.2) is 0 Å². The summed E-state index contributed by atoms with van der Waals surface area (Å²) in [4.78, 5) is 26.7. The maximum atomic E-state index is 11.5. The average Bonchev–Trinajstić information content (AvgIpc) is 3.27. The number of rotatable bonds is 4.